The number of sulfonamides is 1. The minimum atomic E-state index is -4.16. The molecule has 1 unspecified atom stereocenters. The third kappa shape index (κ3) is 7.01. The molecule has 0 bridgehead atoms. The van der Waals surface area contributed by atoms with Gasteiger partial charge in [-0.3, -0.25) is 13.9 Å². The van der Waals surface area contributed by atoms with Gasteiger partial charge in [-0.2, -0.15) is 0 Å². The minimum absolute atomic E-state index is 0.0516. The van der Waals surface area contributed by atoms with Crippen LogP contribution in [0.2, 0.25) is 0 Å². The number of carbonyl (C=O) groups excluding carboxylic acids is 2. The van der Waals surface area contributed by atoms with Gasteiger partial charge in [0.25, 0.3) is 10.0 Å². The van der Waals surface area contributed by atoms with Crippen LogP contribution in [0.1, 0.15) is 45.1 Å². The first-order chi connectivity index (χ1) is 19.3. The number of para-hydroxylation sites is 2. The summed E-state index contributed by atoms with van der Waals surface area (Å²) in [4.78, 5) is 28.9. The third-order valence-electron chi connectivity index (χ3n) is 7.11. The number of rotatable bonds is 12. The molecule has 3 aromatic carbocycles. The molecule has 0 aromatic heterocycles. The highest BCUT2D eigenvalue weighted by Gasteiger charge is 2.34. The number of benzene rings is 3. The summed E-state index contributed by atoms with van der Waals surface area (Å²) in [6, 6.07) is 23.4. The van der Waals surface area contributed by atoms with Gasteiger partial charge in [-0.05, 0) is 56.5 Å². The Morgan fingerprint density at radius 3 is 2.17 bits per heavy atom. The summed E-state index contributed by atoms with van der Waals surface area (Å²) >= 11 is 0. The molecule has 1 atom stereocenters. The molecular formula is C31H37N3O5S. The summed E-state index contributed by atoms with van der Waals surface area (Å²) in [5, 5.41) is 3.08. The molecule has 2 amide bonds. The van der Waals surface area contributed by atoms with Crippen molar-refractivity contribution in [1.29, 1.82) is 0 Å². The fraction of sp³-hybridized carbons (Fsp3) is 0.355. The Balaban J connectivity index is 1.70. The first-order valence-electron chi connectivity index (χ1n) is 13.7. The molecule has 1 fully saturated rings. The van der Waals surface area contributed by atoms with E-state index in [4.69, 9.17) is 4.74 Å². The quantitative estimate of drug-likeness (QED) is 0.343. The average Bonchev–Trinajstić information content (AvgIpc) is 3.49. The Labute approximate surface area is 237 Å². The maximum Gasteiger partial charge on any atom is 0.264 e. The van der Waals surface area contributed by atoms with Crippen LogP contribution in [-0.4, -0.2) is 50.4 Å². The van der Waals surface area contributed by atoms with Crippen LogP contribution in [0.4, 0.5) is 5.69 Å². The smallest absolute Gasteiger partial charge is 0.264 e. The summed E-state index contributed by atoms with van der Waals surface area (Å²) in [5.41, 5.74) is 1.09. The fourth-order valence-corrected chi connectivity index (χ4v) is 6.37. The number of anilines is 1. The van der Waals surface area contributed by atoms with Crippen molar-refractivity contribution in [2.75, 3.05) is 17.5 Å². The van der Waals surface area contributed by atoms with E-state index in [0.717, 1.165) is 35.6 Å². The number of hydrogen-bond donors (Lipinski definition) is 1. The van der Waals surface area contributed by atoms with Crippen molar-refractivity contribution in [2.45, 2.75) is 63.1 Å². The second-order valence-corrected chi connectivity index (χ2v) is 11.8. The molecule has 0 aliphatic heterocycles. The van der Waals surface area contributed by atoms with Crippen LogP contribution >= 0.6 is 0 Å². The van der Waals surface area contributed by atoms with Crippen molar-refractivity contribution in [3.63, 3.8) is 0 Å². The zero-order valence-corrected chi connectivity index (χ0v) is 23.8. The van der Waals surface area contributed by atoms with E-state index in [1.54, 1.807) is 49.4 Å². The van der Waals surface area contributed by atoms with Crippen LogP contribution < -0.4 is 14.4 Å². The number of ether oxygens (including phenoxy) is 1. The first kappa shape index (κ1) is 29.1. The molecule has 0 spiro atoms. The molecule has 1 saturated carbocycles. The van der Waals surface area contributed by atoms with E-state index in [1.165, 1.54) is 17.0 Å². The lowest BCUT2D eigenvalue weighted by atomic mass is 10.1. The third-order valence-corrected chi connectivity index (χ3v) is 8.88. The van der Waals surface area contributed by atoms with E-state index >= 15 is 0 Å². The van der Waals surface area contributed by atoms with Gasteiger partial charge in [-0.25, -0.2) is 8.42 Å². The molecular weight excluding hydrogens is 526 g/mol. The maximum absolute atomic E-state index is 14.1. The van der Waals surface area contributed by atoms with E-state index in [2.05, 4.69) is 5.32 Å². The highest BCUT2D eigenvalue weighted by Crippen LogP contribution is 2.33. The molecule has 8 nitrogen and oxygen atoms in total. The van der Waals surface area contributed by atoms with Crippen molar-refractivity contribution in [3.8, 4) is 5.75 Å². The molecule has 3 aromatic rings. The summed E-state index contributed by atoms with van der Waals surface area (Å²) < 4.78 is 34.8. The Morgan fingerprint density at radius 2 is 1.52 bits per heavy atom. The predicted octanol–water partition coefficient (Wildman–Crippen LogP) is 4.76. The highest BCUT2D eigenvalue weighted by atomic mass is 32.2. The van der Waals surface area contributed by atoms with Gasteiger partial charge in [0, 0.05) is 12.6 Å². The topological polar surface area (TPSA) is 96.0 Å². The van der Waals surface area contributed by atoms with Gasteiger partial charge < -0.3 is 15.0 Å². The number of nitrogens with one attached hydrogen (secondary N) is 1. The molecule has 9 heteroatoms. The molecule has 1 aliphatic rings. The average molecular weight is 564 g/mol. The normalized spacial score (nSPS) is 14.3. The molecule has 40 heavy (non-hydrogen) atoms. The lowest BCUT2D eigenvalue weighted by molar-refractivity contribution is -0.139. The lowest BCUT2D eigenvalue weighted by Crippen LogP contribution is -2.52. The molecule has 1 aliphatic carbocycles. The van der Waals surface area contributed by atoms with Crippen LogP contribution in [0, 0.1) is 0 Å². The fourth-order valence-electron chi connectivity index (χ4n) is 4.93. The van der Waals surface area contributed by atoms with Crippen molar-refractivity contribution < 1.29 is 22.7 Å². The maximum atomic E-state index is 14.1. The molecule has 0 saturated heterocycles. The van der Waals surface area contributed by atoms with Crippen LogP contribution in [0.5, 0.6) is 5.75 Å². The molecule has 1 N–H and O–H groups in total. The van der Waals surface area contributed by atoms with Crippen LogP contribution in [-0.2, 0) is 26.2 Å². The SMILES string of the molecule is CCOc1ccccc1N(CC(=O)N(Cc1ccccc1)C(C)C(=O)NC1CCCC1)S(=O)(=O)c1ccccc1. The van der Waals surface area contributed by atoms with E-state index < -0.39 is 28.5 Å². The lowest BCUT2D eigenvalue weighted by Gasteiger charge is -2.33. The van der Waals surface area contributed by atoms with Gasteiger partial charge in [-0.1, -0.05) is 73.5 Å². The van der Waals surface area contributed by atoms with E-state index in [0.29, 0.717) is 12.4 Å². The second-order valence-electron chi connectivity index (χ2n) is 9.90. The van der Waals surface area contributed by atoms with Crippen LogP contribution in [0.15, 0.2) is 89.8 Å². The van der Waals surface area contributed by atoms with Crippen LogP contribution in [0.3, 0.4) is 0 Å². The number of amides is 2. The number of hydrogen-bond acceptors (Lipinski definition) is 5. The first-order valence-corrected chi connectivity index (χ1v) is 15.2. The van der Waals surface area contributed by atoms with Gasteiger partial charge >= 0.3 is 0 Å². The van der Waals surface area contributed by atoms with E-state index in [1.807, 2.05) is 37.3 Å². The Kier molecular flexibility index (Phi) is 9.82. The second kappa shape index (κ2) is 13.5. The Morgan fingerprint density at radius 1 is 0.925 bits per heavy atom. The van der Waals surface area contributed by atoms with Gasteiger partial charge in [-0.15, -0.1) is 0 Å². The summed E-state index contributed by atoms with van der Waals surface area (Å²) in [6.07, 6.45) is 3.97. The number of nitrogens with zero attached hydrogens (tertiary/aromatic N) is 2. The van der Waals surface area contributed by atoms with E-state index in [-0.39, 0.29) is 29.1 Å². The summed E-state index contributed by atoms with van der Waals surface area (Å²) in [5.74, 6) is -0.397. The Hall–Kier alpha value is -3.85. The van der Waals surface area contributed by atoms with Crippen molar-refractivity contribution >= 4 is 27.5 Å². The van der Waals surface area contributed by atoms with Crippen molar-refractivity contribution in [3.05, 3.63) is 90.5 Å². The monoisotopic (exact) mass is 563 g/mol. The van der Waals surface area contributed by atoms with Gasteiger partial charge in [0.2, 0.25) is 11.8 Å². The van der Waals surface area contributed by atoms with Crippen molar-refractivity contribution in [1.82, 2.24) is 10.2 Å². The molecule has 0 radical (unpaired) electrons. The molecule has 4 rings (SSSR count). The minimum Gasteiger partial charge on any atom is -0.492 e. The van der Waals surface area contributed by atoms with Gasteiger partial charge in [0.15, 0.2) is 0 Å². The van der Waals surface area contributed by atoms with Crippen molar-refractivity contribution in [2.24, 2.45) is 0 Å². The van der Waals surface area contributed by atoms with Gasteiger partial charge in [0.1, 0.15) is 18.3 Å². The van der Waals surface area contributed by atoms with Crippen LogP contribution in [0.25, 0.3) is 0 Å². The molecule has 212 valence electrons. The Bertz CT molecular complexity index is 1380. The standard InChI is InChI=1S/C31H37N3O5S/c1-3-39-29-21-13-12-20-28(29)34(40(37,38)27-18-8-5-9-19-27)23-30(35)33(22-25-14-6-4-7-15-25)24(2)31(36)32-26-16-10-11-17-26/h4-9,12-15,18-21,24,26H,3,10-11,16-17,22-23H2,1-2H3,(H,32,36). The highest BCUT2D eigenvalue weighted by molar-refractivity contribution is 7.92. The number of carbonyl (C=O) groups is 2. The summed E-state index contributed by atoms with van der Waals surface area (Å²) in [7, 11) is -4.16. The zero-order valence-electron chi connectivity index (χ0n) is 23.0. The van der Waals surface area contributed by atoms with E-state index in [9.17, 15) is 18.0 Å². The molecule has 0 heterocycles. The zero-order chi connectivity index (χ0) is 28.5. The largest absolute Gasteiger partial charge is 0.492 e. The summed E-state index contributed by atoms with van der Waals surface area (Å²) in [6.45, 7) is 3.47. The van der Waals surface area contributed by atoms with Gasteiger partial charge in [0.05, 0.1) is 17.2 Å². The predicted molar refractivity (Wildman–Crippen MR) is 155 cm³/mol.